The van der Waals surface area contributed by atoms with E-state index in [2.05, 4.69) is 24.9 Å². The van der Waals surface area contributed by atoms with Crippen molar-refractivity contribution in [2.75, 3.05) is 46.9 Å². The van der Waals surface area contributed by atoms with Gasteiger partial charge in [0.25, 0.3) is 5.91 Å². The summed E-state index contributed by atoms with van der Waals surface area (Å²) >= 11 is 0. The summed E-state index contributed by atoms with van der Waals surface area (Å²) < 4.78 is 5.58. The van der Waals surface area contributed by atoms with Crippen LogP contribution in [0.2, 0.25) is 0 Å². The summed E-state index contributed by atoms with van der Waals surface area (Å²) in [6, 6.07) is 17.5. The molecule has 0 spiro atoms. The van der Waals surface area contributed by atoms with E-state index in [1.807, 2.05) is 58.3 Å². The molecular weight excluding hydrogens is 402 g/mol. The van der Waals surface area contributed by atoms with Crippen LogP contribution in [0.25, 0.3) is 0 Å². The minimum Gasteiger partial charge on any atom is -0.496 e. The van der Waals surface area contributed by atoms with Gasteiger partial charge >= 0.3 is 0 Å². The molecule has 0 radical (unpaired) electrons. The van der Waals surface area contributed by atoms with Crippen molar-refractivity contribution < 1.29 is 14.3 Å². The van der Waals surface area contributed by atoms with Crippen LogP contribution in [0, 0.1) is 5.41 Å². The quantitative estimate of drug-likeness (QED) is 0.738. The van der Waals surface area contributed by atoms with Gasteiger partial charge in [-0.3, -0.25) is 14.5 Å². The number of likely N-dealkylation sites (tertiary alicyclic amines) is 1. The number of hydrogen-bond acceptors (Lipinski definition) is 4. The normalized spacial score (nSPS) is 21.3. The Bertz CT molecular complexity index is 954. The SMILES string of the molecule is COc1ccccc1[C@H]1CN(C(=O)C2(C)CCN(C(=O)c3ccccc3)CC2)CCN1C. The number of nitrogens with zero attached hydrogens (tertiary/aromatic N) is 3. The van der Waals surface area contributed by atoms with Crippen LogP contribution in [-0.2, 0) is 4.79 Å². The lowest BCUT2D eigenvalue weighted by molar-refractivity contribution is -0.146. The van der Waals surface area contributed by atoms with E-state index >= 15 is 0 Å². The van der Waals surface area contributed by atoms with E-state index in [1.54, 1.807) is 7.11 Å². The molecule has 2 heterocycles. The van der Waals surface area contributed by atoms with Gasteiger partial charge in [0.05, 0.1) is 13.2 Å². The molecule has 32 heavy (non-hydrogen) atoms. The summed E-state index contributed by atoms with van der Waals surface area (Å²) in [6.45, 7) is 5.49. The average Bonchev–Trinajstić information content (AvgIpc) is 2.84. The first kappa shape index (κ1) is 22.3. The minimum absolute atomic E-state index is 0.0518. The first-order chi connectivity index (χ1) is 15.4. The van der Waals surface area contributed by atoms with Crippen molar-refractivity contribution in [2.24, 2.45) is 5.41 Å². The number of benzene rings is 2. The number of amides is 2. The van der Waals surface area contributed by atoms with Gasteiger partial charge in [-0.1, -0.05) is 43.3 Å². The Kier molecular flexibility index (Phi) is 6.51. The summed E-state index contributed by atoms with van der Waals surface area (Å²) in [7, 11) is 3.80. The third kappa shape index (κ3) is 4.37. The Labute approximate surface area is 190 Å². The maximum Gasteiger partial charge on any atom is 0.253 e. The zero-order valence-electron chi connectivity index (χ0n) is 19.3. The third-order valence-electron chi connectivity index (χ3n) is 7.12. The highest BCUT2D eigenvalue weighted by Gasteiger charge is 2.42. The molecule has 2 aliphatic heterocycles. The Morgan fingerprint density at radius 1 is 0.906 bits per heavy atom. The lowest BCUT2D eigenvalue weighted by atomic mass is 9.78. The third-order valence-corrected chi connectivity index (χ3v) is 7.12. The van der Waals surface area contributed by atoms with Crippen molar-refractivity contribution >= 4 is 11.8 Å². The molecule has 2 fully saturated rings. The Balaban J connectivity index is 1.43. The number of rotatable bonds is 4. The van der Waals surface area contributed by atoms with Crippen LogP contribution in [-0.4, -0.2) is 73.4 Å². The second-order valence-corrected chi connectivity index (χ2v) is 9.21. The molecule has 2 aromatic carbocycles. The van der Waals surface area contributed by atoms with Gasteiger partial charge in [-0.25, -0.2) is 0 Å². The second kappa shape index (κ2) is 9.33. The van der Waals surface area contributed by atoms with Crippen LogP contribution in [0.3, 0.4) is 0 Å². The highest BCUT2D eigenvalue weighted by Crippen LogP contribution is 2.37. The summed E-state index contributed by atoms with van der Waals surface area (Å²) in [5.74, 6) is 1.12. The number of piperidine rings is 1. The van der Waals surface area contributed by atoms with Gasteiger partial charge < -0.3 is 14.5 Å². The number of carbonyl (C=O) groups is 2. The van der Waals surface area contributed by atoms with Crippen LogP contribution in [0.5, 0.6) is 5.75 Å². The van der Waals surface area contributed by atoms with Crippen molar-refractivity contribution in [3.05, 3.63) is 65.7 Å². The van der Waals surface area contributed by atoms with Gasteiger partial charge in [-0.2, -0.15) is 0 Å². The van der Waals surface area contributed by atoms with E-state index in [0.717, 1.165) is 24.4 Å². The number of piperazine rings is 1. The molecule has 4 rings (SSSR count). The minimum atomic E-state index is -0.436. The van der Waals surface area contributed by atoms with Crippen LogP contribution in [0.1, 0.15) is 41.7 Å². The van der Waals surface area contributed by atoms with Gasteiger partial charge in [0.2, 0.25) is 5.91 Å². The second-order valence-electron chi connectivity index (χ2n) is 9.21. The monoisotopic (exact) mass is 435 g/mol. The maximum absolute atomic E-state index is 13.6. The maximum atomic E-state index is 13.6. The van der Waals surface area contributed by atoms with E-state index in [9.17, 15) is 9.59 Å². The summed E-state index contributed by atoms with van der Waals surface area (Å²) in [5.41, 5.74) is 1.39. The van der Waals surface area contributed by atoms with Crippen LogP contribution < -0.4 is 4.74 Å². The summed E-state index contributed by atoms with van der Waals surface area (Å²) in [5, 5.41) is 0. The number of likely N-dealkylation sites (N-methyl/N-ethyl adjacent to an activating group) is 1. The molecule has 0 aromatic heterocycles. The molecule has 2 aromatic rings. The predicted octanol–water partition coefficient (Wildman–Crippen LogP) is 3.45. The molecule has 0 aliphatic carbocycles. The summed E-state index contributed by atoms with van der Waals surface area (Å²) in [6.07, 6.45) is 1.38. The zero-order chi connectivity index (χ0) is 22.7. The number of methoxy groups -OCH3 is 1. The molecule has 1 atom stereocenters. The Hall–Kier alpha value is -2.86. The van der Waals surface area contributed by atoms with E-state index in [-0.39, 0.29) is 17.9 Å². The van der Waals surface area contributed by atoms with Crippen molar-refractivity contribution in [3.8, 4) is 5.75 Å². The average molecular weight is 436 g/mol. The van der Waals surface area contributed by atoms with Crippen molar-refractivity contribution in [1.29, 1.82) is 0 Å². The lowest BCUT2D eigenvalue weighted by Gasteiger charge is -2.45. The molecule has 2 saturated heterocycles. The van der Waals surface area contributed by atoms with E-state index in [1.165, 1.54) is 0 Å². The molecule has 0 N–H and O–H groups in total. The van der Waals surface area contributed by atoms with Crippen LogP contribution >= 0.6 is 0 Å². The zero-order valence-corrected chi connectivity index (χ0v) is 19.3. The smallest absolute Gasteiger partial charge is 0.253 e. The van der Waals surface area contributed by atoms with Gasteiger partial charge in [-0.15, -0.1) is 0 Å². The van der Waals surface area contributed by atoms with Gasteiger partial charge in [-0.05, 0) is 38.1 Å². The highest BCUT2D eigenvalue weighted by molar-refractivity contribution is 5.94. The molecule has 6 nitrogen and oxygen atoms in total. The Morgan fingerprint density at radius 2 is 1.56 bits per heavy atom. The number of para-hydroxylation sites is 1. The van der Waals surface area contributed by atoms with Gasteiger partial charge in [0.1, 0.15) is 5.75 Å². The van der Waals surface area contributed by atoms with Gasteiger partial charge in [0, 0.05) is 49.3 Å². The molecular formula is C26H33N3O3. The molecule has 2 amide bonds. The lowest BCUT2D eigenvalue weighted by Crippen LogP contribution is -2.55. The molecule has 0 bridgehead atoms. The van der Waals surface area contributed by atoms with Gasteiger partial charge in [0.15, 0.2) is 0 Å². The van der Waals surface area contributed by atoms with E-state index in [4.69, 9.17) is 4.74 Å². The molecule has 0 saturated carbocycles. The van der Waals surface area contributed by atoms with Crippen LogP contribution in [0.4, 0.5) is 0 Å². The highest BCUT2D eigenvalue weighted by atomic mass is 16.5. The summed E-state index contributed by atoms with van der Waals surface area (Å²) in [4.78, 5) is 32.6. The predicted molar refractivity (Wildman–Crippen MR) is 125 cm³/mol. The van der Waals surface area contributed by atoms with Crippen molar-refractivity contribution in [2.45, 2.75) is 25.8 Å². The first-order valence-electron chi connectivity index (χ1n) is 11.4. The van der Waals surface area contributed by atoms with Crippen molar-refractivity contribution in [1.82, 2.24) is 14.7 Å². The number of hydrogen-bond donors (Lipinski definition) is 0. The molecule has 0 unspecified atom stereocenters. The van der Waals surface area contributed by atoms with Crippen LogP contribution in [0.15, 0.2) is 54.6 Å². The largest absolute Gasteiger partial charge is 0.496 e. The number of ether oxygens (including phenoxy) is 1. The molecule has 170 valence electrons. The standard InChI is InChI=1S/C26H33N3O3/c1-26(13-15-28(16-14-26)24(30)20-9-5-4-6-10-20)25(31)29-18-17-27(2)22(19-29)21-11-7-8-12-23(21)32-3/h4-12,22H,13-19H2,1-3H3/t22-/m1/s1. The van der Waals surface area contributed by atoms with Crippen molar-refractivity contribution in [3.63, 3.8) is 0 Å². The molecule has 2 aliphatic rings. The number of carbonyl (C=O) groups excluding carboxylic acids is 2. The fraction of sp³-hybridized carbons (Fsp3) is 0.462. The fourth-order valence-electron chi connectivity index (χ4n) is 4.90. The fourth-order valence-corrected chi connectivity index (χ4v) is 4.90. The van der Waals surface area contributed by atoms with E-state index < -0.39 is 5.41 Å². The van der Waals surface area contributed by atoms with E-state index in [0.29, 0.717) is 38.0 Å². The molecule has 6 heteroatoms. The first-order valence-corrected chi connectivity index (χ1v) is 11.4. The Morgan fingerprint density at radius 3 is 2.25 bits per heavy atom. The topological polar surface area (TPSA) is 53.1 Å².